The molecular formula is C23H23F3N4O4S. The molecule has 12 heteroatoms. The third-order valence-electron chi connectivity index (χ3n) is 6.61. The van der Waals surface area contributed by atoms with Crippen LogP contribution in [0.4, 0.5) is 13.2 Å². The number of aromatic amines is 1. The van der Waals surface area contributed by atoms with Crippen LogP contribution in [-0.2, 0) is 9.84 Å². The van der Waals surface area contributed by atoms with Crippen molar-refractivity contribution in [2.45, 2.75) is 37.5 Å². The van der Waals surface area contributed by atoms with Crippen molar-refractivity contribution in [1.29, 1.82) is 0 Å². The standard InChI is InChI=1S/C23H23F3N4O4S/c24-23(25,26)34-17-3-1-15(2-4-17)22(31)30-10-6-14(7-11-30)18-5-9-27-21-19(18)28-20(29-21)16-8-12-35(32,33)13-16/h1-5,9,14,16H,6-8,10-13H2,(H,27,28,29). The van der Waals surface area contributed by atoms with E-state index in [2.05, 4.69) is 14.7 Å². The number of halogens is 3. The van der Waals surface area contributed by atoms with E-state index >= 15 is 0 Å². The number of amides is 1. The lowest BCUT2D eigenvalue weighted by Crippen LogP contribution is -2.38. The van der Waals surface area contributed by atoms with E-state index in [4.69, 9.17) is 4.98 Å². The lowest BCUT2D eigenvalue weighted by atomic mass is 9.89. The number of fused-ring (bicyclic) bond motifs is 1. The zero-order chi connectivity index (χ0) is 24.8. The van der Waals surface area contributed by atoms with Gasteiger partial charge in [-0.15, -0.1) is 13.2 Å². The highest BCUT2D eigenvalue weighted by atomic mass is 32.2. The van der Waals surface area contributed by atoms with Gasteiger partial charge < -0.3 is 14.6 Å². The van der Waals surface area contributed by atoms with E-state index in [0.717, 1.165) is 23.2 Å². The van der Waals surface area contributed by atoms with Crippen molar-refractivity contribution in [2.24, 2.45) is 0 Å². The fraction of sp³-hybridized carbons (Fsp3) is 0.435. The van der Waals surface area contributed by atoms with E-state index in [-0.39, 0.29) is 35.0 Å². The van der Waals surface area contributed by atoms with Gasteiger partial charge in [0.2, 0.25) is 0 Å². The predicted octanol–water partition coefficient (Wildman–Crippen LogP) is 3.78. The summed E-state index contributed by atoms with van der Waals surface area (Å²) in [6, 6.07) is 6.84. The number of likely N-dealkylation sites (tertiary alicyclic amines) is 1. The van der Waals surface area contributed by atoms with Crippen LogP contribution < -0.4 is 4.74 Å². The van der Waals surface area contributed by atoms with Crippen molar-refractivity contribution in [1.82, 2.24) is 19.9 Å². The second-order valence-corrected chi connectivity index (χ2v) is 11.2. The number of sulfone groups is 1. The molecule has 4 heterocycles. The number of hydrogen-bond donors (Lipinski definition) is 1. The lowest BCUT2D eigenvalue weighted by Gasteiger charge is -2.32. The van der Waals surface area contributed by atoms with Crippen LogP contribution in [0.1, 0.15) is 52.8 Å². The topological polar surface area (TPSA) is 105 Å². The average molecular weight is 509 g/mol. The molecule has 1 atom stereocenters. The fourth-order valence-electron chi connectivity index (χ4n) is 4.86. The van der Waals surface area contributed by atoms with Gasteiger partial charge in [0.25, 0.3) is 5.91 Å². The molecule has 1 amide bonds. The van der Waals surface area contributed by atoms with Gasteiger partial charge in [-0.2, -0.15) is 0 Å². The van der Waals surface area contributed by atoms with Gasteiger partial charge in [0.05, 0.1) is 11.5 Å². The first-order valence-corrected chi connectivity index (χ1v) is 13.1. The smallest absolute Gasteiger partial charge is 0.406 e. The number of alkyl halides is 3. The van der Waals surface area contributed by atoms with Crippen LogP contribution in [0.15, 0.2) is 36.5 Å². The Balaban J connectivity index is 1.26. The molecule has 2 saturated heterocycles. The summed E-state index contributed by atoms with van der Waals surface area (Å²) in [7, 11) is -3.03. The molecule has 3 aromatic rings. The predicted molar refractivity (Wildman–Crippen MR) is 121 cm³/mol. The Labute approximate surface area is 199 Å². The van der Waals surface area contributed by atoms with Crippen molar-refractivity contribution in [2.75, 3.05) is 24.6 Å². The SMILES string of the molecule is O=C(c1ccc(OC(F)(F)F)cc1)N1CCC(c2ccnc3[nH]c(C4CCS(=O)(=O)C4)nc23)CC1. The number of piperidine rings is 1. The zero-order valence-electron chi connectivity index (χ0n) is 18.6. The summed E-state index contributed by atoms with van der Waals surface area (Å²) in [5.41, 5.74) is 2.67. The first-order chi connectivity index (χ1) is 16.6. The monoisotopic (exact) mass is 508 g/mol. The number of aromatic nitrogens is 3. The van der Waals surface area contributed by atoms with Gasteiger partial charge >= 0.3 is 6.36 Å². The number of hydrogen-bond acceptors (Lipinski definition) is 6. The summed E-state index contributed by atoms with van der Waals surface area (Å²) in [6.45, 7) is 0.985. The second-order valence-electron chi connectivity index (χ2n) is 8.96. The quantitative estimate of drug-likeness (QED) is 0.575. The molecule has 0 radical (unpaired) electrons. The molecule has 5 rings (SSSR count). The highest BCUT2D eigenvalue weighted by Gasteiger charge is 2.33. The molecule has 0 saturated carbocycles. The van der Waals surface area contributed by atoms with E-state index < -0.39 is 16.2 Å². The normalized spacial score (nSPS) is 20.9. The van der Waals surface area contributed by atoms with Crippen LogP contribution in [0.2, 0.25) is 0 Å². The van der Waals surface area contributed by atoms with Crippen molar-refractivity contribution >= 4 is 26.9 Å². The van der Waals surface area contributed by atoms with Gasteiger partial charge in [0.1, 0.15) is 17.1 Å². The van der Waals surface area contributed by atoms with Gasteiger partial charge in [-0.3, -0.25) is 4.79 Å². The van der Waals surface area contributed by atoms with Crippen molar-refractivity contribution in [3.63, 3.8) is 0 Å². The first kappa shape index (κ1) is 23.6. The molecule has 1 N–H and O–H groups in total. The number of rotatable bonds is 4. The zero-order valence-corrected chi connectivity index (χ0v) is 19.4. The Morgan fingerprint density at radius 3 is 2.40 bits per heavy atom. The highest BCUT2D eigenvalue weighted by Crippen LogP contribution is 2.34. The summed E-state index contributed by atoms with van der Waals surface area (Å²) in [5, 5.41) is 0. The number of nitrogens with zero attached hydrogens (tertiary/aromatic N) is 3. The van der Waals surface area contributed by atoms with Crippen LogP contribution in [-0.4, -0.2) is 65.1 Å². The molecule has 2 fully saturated rings. The first-order valence-electron chi connectivity index (χ1n) is 11.3. The maximum atomic E-state index is 12.8. The summed E-state index contributed by atoms with van der Waals surface area (Å²) in [6.07, 6.45) is -1.15. The van der Waals surface area contributed by atoms with Crippen molar-refractivity contribution < 1.29 is 31.1 Å². The lowest BCUT2D eigenvalue weighted by molar-refractivity contribution is -0.274. The Kier molecular flexibility index (Phi) is 5.94. The molecule has 1 aromatic carbocycles. The Morgan fingerprint density at radius 2 is 1.77 bits per heavy atom. The van der Waals surface area contributed by atoms with Gasteiger partial charge in [-0.1, -0.05) is 0 Å². The molecule has 2 aromatic heterocycles. The maximum Gasteiger partial charge on any atom is 0.573 e. The van der Waals surface area contributed by atoms with E-state index in [1.807, 2.05) is 6.07 Å². The van der Waals surface area contributed by atoms with Crippen LogP contribution in [0.5, 0.6) is 5.75 Å². The molecule has 2 aliphatic rings. The fourth-order valence-corrected chi connectivity index (χ4v) is 6.60. The van der Waals surface area contributed by atoms with Crippen LogP contribution in [0, 0.1) is 0 Å². The number of benzene rings is 1. The average Bonchev–Trinajstić information content (AvgIpc) is 3.41. The molecular weight excluding hydrogens is 485 g/mol. The number of carbonyl (C=O) groups excluding carboxylic acids is 1. The summed E-state index contributed by atoms with van der Waals surface area (Å²) in [5.74, 6) is 0.275. The number of nitrogens with one attached hydrogen (secondary N) is 1. The molecule has 2 aliphatic heterocycles. The number of ether oxygens (including phenoxy) is 1. The summed E-state index contributed by atoms with van der Waals surface area (Å²) >= 11 is 0. The minimum atomic E-state index is -4.78. The van der Waals surface area contributed by atoms with E-state index in [0.29, 0.717) is 49.4 Å². The number of carbonyl (C=O) groups is 1. The summed E-state index contributed by atoms with van der Waals surface area (Å²) < 4.78 is 64.6. The molecule has 35 heavy (non-hydrogen) atoms. The number of H-pyrrole nitrogens is 1. The molecule has 186 valence electrons. The van der Waals surface area contributed by atoms with Gasteiger partial charge in [0.15, 0.2) is 15.5 Å². The van der Waals surface area contributed by atoms with Crippen LogP contribution >= 0.6 is 0 Å². The van der Waals surface area contributed by atoms with Gasteiger partial charge in [0, 0.05) is 30.8 Å². The largest absolute Gasteiger partial charge is 0.573 e. The molecule has 0 aliphatic carbocycles. The van der Waals surface area contributed by atoms with Gasteiger partial charge in [-0.05, 0) is 61.1 Å². The van der Waals surface area contributed by atoms with E-state index in [9.17, 15) is 26.4 Å². The number of imidazole rings is 1. The minimum absolute atomic E-state index is 0.0893. The third-order valence-corrected chi connectivity index (χ3v) is 8.38. The molecule has 1 unspecified atom stereocenters. The Morgan fingerprint density at radius 1 is 1.06 bits per heavy atom. The van der Waals surface area contributed by atoms with Crippen molar-refractivity contribution in [3.05, 3.63) is 53.5 Å². The second kappa shape index (κ2) is 8.81. The molecule has 8 nitrogen and oxygen atoms in total. The van der Waals surface area contributed by atoms with E-state index in [1.54, 1.807) is 11.1 Å². The Hall–Kier alpha value is -3.15. The number of pyridine rings is 1. The maximum absolute atomic E-state index is 12.8. The Bertz CT molecular complexity index is 1350. The van der Waals surface area contributed by atoms with Crippen LogP contribution in [0.25, 0.3) is 11.2 Å². The molecule has 0 spiro atoms. The molecule has 0 bridgehead atoms. The third kappa shape index (κ3) is 5.12. The highest BCUT2D eigenvalue weighted by molar-refractivity contribution is 7.91. The van der Waals surface area contributed by atoms with Gasteiger partial charge in [-0.25, -0.2) is 18.4 Å². The van der Waals surface area contributed by atoms with E-state index in [1.165, 1.54) is 12.1 Å². The van der Waals surface area contributed by atoms with Crippen LogP contribution in [0.3, 0.4) is 0 Å². The van der Waals surface area contributed by atoms with Crippen molar-refractivity contribution in [3.8, 4) is 5.75 Å². The summed E-state index contributed by atoms with van der Waals surface area (Å²) in [4.78, 5) is 26.8. The minimum Gasteiger partial charge on any atom is -0.406 e.